The minimum absolute atomic E-state index is 0.401. The lowest BCUT2D eigenvalue weighted by atomic mass is 9.99. The number of methoxy groups -OCH3 is 2. The summed E-state index contributed by atoms with van der Waals surface area (Å²) in [6.45, 7) is 0. The molecule has 6 heteroatoms. The van der Waals surface area contributed by atoms with E-state index in [0.717, 1.165) is 0 Å². The molecule has 130 valence electrons. The van der Waals surface area contributed by atoms with Crippen LogP contribution in [0.2, 0.25) is 0 Å². The molecule has 0 aliphatic rings. The minimum atomic E-state index is -0.512. The van der Waals surface area contributed by atoms with Crippen LogP contribution in [0.15, 0.2) is 67.0 Å². The largest absolute Gasteiger partial charge is 0.497 e. The third kappa shape index (κ3) is 2.61. The lowest BCUT2D eigenvalue weighted by Gasteiger charge is -2.10. The summed E-state index contributed by atoms with van der Waals surface area (Å²) < 4.78 is 21.1. The number of ether oxygens (including phenoxy) is 2. The van der Waals surface area contributed by atoms with Crippen molar-refractivity contribution in [3.05, 3.63) is 69.4 Å². The molecule has 0 fully saturated rings. The Balaban J connectivity index is 2.15. The Morgan fingerprint density at radius 1 is 0.654 bits per heavy atom. The first kappa shape index (κ1) is 16.0. The summed E-state index contributed by atoms with van der Waals surface area (Å²) >= 11 is 0. The van der Waals surface area contributed by atoms with Gasteiger partial charge in [0.25, 0.3) is 0 Å². The fourth-order valence-corrected chi connectivity index (χ4v) is 2.98. The summed E-state index contributed by atoms with van der Waals surface area (Å²) in [5.74, 6) is 1.22. The van der Waals surface area contributed by atoms with Crippen LogP contribution in [0.25, 0.3) is 33.1 Å². The van der Waals surface area contributed by atoms with Gasteiger partial charge in [-0.05, 0) is 36.4 Å². The van der Waals surface area contributed by atoms with E-state index in [1.807, 2.05) is 0 Å². The number of benzene rings is 2. The van der Waals surface area contributed by atoms with Crippen molar-refractivity contribution in [3.8, 4) is 22.6 Å². The van der Waals surface area contributed by atoms with E-state index in [4.69, 9.17) is 18.3 Å². The zero-order chi connectivity index (χ0) is 18.3. The topological polar surface area (TPSA) is 78.9 Å². The number of rotatable bonds is 3. The van der Waals surface area contributed by atoms with Gasteiger partial charge in [0, 0.05) is 34.0 Å². The first-order valence-electron chi connectivity index (χ1n) is 7.83. The Labute approximate surface area is 147 Å². The van der Waals surface area contributed by atoms with Gasteiger partial charge in [0.1, 0.15) is 22.7 Å². The monoisotopic (exact) mass is 350 g/mol. The molecule has 0 atom stereocenters. The van der Waals surface area contributed by atoms with Gasteiger partial charge < -0.3 is 18.3 Å². The molecule has 2 aromatic heterocycles. The van der Waals surface area contributed by atoms with Crippen LogP contribution < -0.4 is 20.7 Å². The SMILES string of the molecule is COc1ccc2oc(=O)cc(-c3cc(=O)oc4ccc(OC)cc34)c2c1. The molecule has 0 radical (unpaired) electrons. The first-order chi connectivity index (χ1) is 12.6. The van der Waals surface area contributed by atoms with Crippen molar-refractivity contribution < 1.29 is 18.3 Å². The Morgan fingerprint density at radius 2 is 1.08 bits per heavy atom. The highest BCUT2D eigenvalue weighted by molar-refractivity contribution is 6.02. The van der Waals surface area contributed by atoms with E-state index in [-0.39, 0.29) is 0 Å². The van der Waals surface area contributed by atoms with Gasteiger partial charge in [0.2, 0.25) is 0 Å². The molecule has 0 saturated carbocycles. The molecular formula is C20H14O6. The maximum atomic E-state index is 12.1. The van der Waals surface area contributed by atoms with Gasteiger partial charge in [0.05, 0.1) is 14.2 Å². The predicted octanol–water partition coefficient (Wildman–Crippen LogP) is 3.58. The van der Waals surface area contributed by atoms with Crippen LogP contribution in [0.4, 0.5) is 0 Å². The molecule has 0 aliphatic carbocycles. The first-order valence-corrected chi connectivity index (χ1v) is 7.83. The Morgan fingerprint density at radius 3 is 1.46 bits per heavy atom. The molecule has 4 rings (SSSR count). The van der Waals surface area contributed by atoms with Crippen LogP contribution >= 0.6 is 0 Å². The Kier molecular flexibility index (Phi) is 3.73. The van der Waals surface area contributed by atoms with Crippen molar-refractivity contribution in [1.29, 1.82) is 0 Å². The minimum Gasteiger partial charge on any atom is -0.497 e. The lowest BCUT2D eigenvalue weighted by Crippen LogP contribution is -2.02. The summed E-state index contributed by atoms with van der Waals surface area (Å²) in [5.41, 5.74) is 0.890. The second-order valence-corrected chi connectivity index (χ2v) is 5.68. The van der Waals surface area contributed by atoms with Gasteiger partial charge in [-0.25, -0.2) is 9.59 Å². The average molecular weight is 350 g/mol. The highest BCUT2D eigenvalue weighted by atomic mass is 16.5. The maximum absolute atomic E-state index is 12.1. The molecule has 6 nitrogen and oxygen atoms in total. The summed E-state index contributed by atoms with van der Waals surface area (Å²) in [7, 11) is 3.11. The van der Waals surface area contributed by atoms with Crippen molar-refractivity contribution in [3.63, 3.8) is 0 Å². The van der Waals surface area contributed by atoms with Crippen LogP contribution in [-0.2, 0) is 0 Å². The molecule has 0 N–H and O–H groups in total. The van der Waals surface area contributed by atoms with Gasteiger partial charge in [0.15, 0.2) is 0 Å². The molecule has 2 heterocycles. The molecule has 0 spiro atoms. The smallest absolute Gasteiger partial charge is 0.336 e. The van der Waals surface area contributed by atoms with Crippen LogP contribution in [0.3, 0.4) is 0 Å². The van der Waals surface area contributed by atoms with Gasteiger partial charge in [-0.2, -0.15) is 0 Å². The number of hydrogen-bond acceptors (Lipinski definition) is 6. The normalized spacial score (nSPS) is 11.0. The number of hydrogen-bond donors (Lipinski definition) is 0. The van der Waals surface area contributed by atoms with Crippen LogP contribution in [0.5, 0.6) is 11.5 Å². The standard InChI is InChI=1S/C20H14O6/c1-23-11-3-5-17-15(7-11)13(9-19(21)25-17)14-10-20(22)26-18-6-4-12(24-2)8-16(14)18/h3-10H,1-2H3. The zero-order valence-electron chi connectivity index (χ0n) is 14.1. The highest BCUT2D eigenvalue weighted by Gasteiger charge is 2.14. The lowest BCUT2D eigenvalue weighted by molar-refractivity contribution is 0.415. The van der Waals surface area contributed by atoms with E-state index in [1.54, 1.807) is 50.6 Å². The predicted molar refractivity (Wildman–Crippen MR) is 97.1 cm³/mol. The van der Waals surface area contributed by atoms with E-state index in [0.29, 0.717) is 44.6 Å². The fourth-order valence-electron chi connectivity index (χ4n) is 2.98. The Hall–Kier alpha value is -3.54. The van der Waals surface area contributed by atoms with Crippen molar-refractivity contribution in [2.45, 2.75) is 0 Å². The fraction of sp³-hybridized carbons (Fsp3) is 0.100. The van der Waals surface area contributed by atoms with Gasteiger partial charge in [-0.1, -0.05) is 0 Å². The van der Waals surface area contributed by atoms with Gasteiger partial charge in [-0.3, -0.25) is 0 Å². The Bertz CT molecular complexity index is 1150. The molecule has 0 bridgehead atoms. The van der Waals surface area contributed by atoms with Gasteiger partial charge in [-0.15, -0.1) is 0 Å². The molecule has 0 unspecified atom stereocenters. The highest BCUT2D eigenvalue weighted by Crippen LogP contribution is 2.35. The third-order valence-corrected chi connectivity index (χ3v) is 4.19. The van der Waals surface area contributed by atoms with E-state index in [9.17, 15) is 9.59 Å². The third-order valence-electron chi connectivity index (χ3n) is 4.19. The molecule has 26 heavy (non-hydrogen) atoms. The maximum Gasteiger partial charge on any atom is 0.336 e. The van der Waals surface area contributed by atoms with E-state index >= 15 is 0 Å². The van der Waals surface area contributed by atoms with Crippen molar-refractivity contribution >= 4 is 21.9 Å². The summed E-state index contributed by atoms with van der Waals surface area (Å²) in [5, 5.41) is 1.30. The molecule has 0 amide bonds. The second-order valence-electron chi connectivity index (χ2n) is 5.68. The summed E-state index contributed by atoms with van der Waals surface area (Å²) in [6, 6.07) is 13.0. The van der Waals surface area contributed by atoms with Crippen molar-refractivity contribution in [2.24, 2.45) is 0 Å². The van der Waals surface area contributed by atoms with E-state index in [2.05, 4.69) is 0 Å². The van der Waals surface area contributed by atoms with Crippen molar-refractivity contribution in [1.82, 2.24) is 0 Å². The van der Waals surface area contributed by atoms with Crippen LogP contribution in [-0.4, -0.2) is 14.2 Å². The number of fused-ring (bicyclic) bond motifs is 2. The zero-order valence-corrected chi connectivity index (χ0v) is 14.1. The van der Waals surface area contributed by atoms with Crippen LogP contribution in [0.1, 0.15) is 0 Å². The van der Waals surface area contributed by atoms with Crippen molar-refractivity contribution in [2.75, 3.05) is 14.2 Å². The summed E-state index contributed by atoms with van der Waals surface area (Å²) in [4.78, 5) is 24.1. The molecule has 0 saturated heterocycles. The molecule has 2 aromatic carbocycles. The summed E-state index contributed by atoms with van der Waals surface area (Å²) in [6.07, 6.45) is 0. The second kappa shape index (κ2) is 6.07. The molecule has 0 aliphatic heterocycles. The molecule has 4 aromatic rings. The molecular weight excluding hydrogens is 336 g/mol. The quantitative estimate of drug-likeness (QED) is 0.526. The van der Waals surface area contributed by atoms with Gasteiger partial charge >= 0.3 is 11.3 Å². The van der Waals surface area contributed by atoms with Crippen LogP contribution in [0, 0.1) is 0 Å². The average Bonchev–Trinajstić information content (AvgIpc) is 2.66. The van der Waals surface area contributed by atoms with E-state index < -0.39 is 11.3 Å². The van der Waals surface area contributed by atoms with E-state index in [1.165, 1.54) is 12.1 Å².